The van der Waals surface area contributed by atoms with Gasteiger partial charge in [0.2, 0.25) is 0 Å². The van der Waals surface area contributed by atoms with Crippen LogP contribution in [0.5, 0.6) is 0 Å². The molecule has 1 aromatic carbocycles. The molecule has 1 fully saturated rings. The van der Waals surface area contributed by atoms with Crippen molar-refractivity contribution in [3.8, 4) is 0 Å². The Morgan fingerprint density at radius 2 is 1.87 bits per heavy atom. The third-order valence-corrected chi connectivity index (χ3v) is 4.25. The SMILES string of the molecule is NCC1(OC(=O)Cc2ccccc2CO[N+](=O)[O-])CCCCC1. The highest BCUT2D eigenvalue weighted by Crippen LogP contribution is 2.31. The van der Waals surface area contributed by atoms with E-state index in [1.807, 2.05) is 0 Å². The lowest BCUT2D eigenvalue weighted by Gasteiger charge is -2.35. The van der Waals surface area contributed by atoms with E-state index in [1.165, 1.54) is 0 Å². The van der Waals surface area contributed by atoms with Crippen LogP contribution in [-0.4, -0.2) is 23.2 Å². The van der Waals surface area contributed by atoms with Crippen LogP contribution in [0.2, 0.25) is 0 Å². The largest absolute Gasteiger partial charge is 0.457 e. The van der Waals surface area contributed by atoms with Crippen LogP contribution in [0.15, 0.2) is 24.3 Å². The Morgan fingerprint density at radius 1 is 1.22 bits per heavy atom. The maximum Gasteiger partial charge on any atom is 0.310 e. The lowest BCUT2D eigenvalue weighted by molar-refractivity contribution is -0.763. The summed E-state index contributed by atoms with van der Waals surface area (Å²) in [6.45, 7) is 0.142. The van der Waals surface area contributed by atoms with Gasteiger partial charge in [-0.3, -0.25) is 4.79 Å². The number of nitrogens with two attached hydrogens (primary N) is 1. The van der Waals surface area contributed by atoms with Crippen molar-refractivity contribution >= 4 is 5.97 Å². The minimum atomic E-state index is -0.847. The lowest BCUT2D eigenvalue weighted by Crippen LogP contribution is -2.44. The second-order valence-electron chi connectivity index (χ2n) is 5.86. The van der Waals surface area contributed by atoms with Crippen molar-refractivity contribution < 1.29 is 19.5 Å². The first-order chi connectivity index (χ1) is 11.0. The van der Waals surface area contributed by atoms with Gasteiger partial charge in [0.15, 0.2) is 0 Å². The van der Waals surface area contributed by atoms with Crippen molar-refractivity contribution in [1.29, 1.82) is 0 Å². The molecule has 126 valence electrons. The smallest absolute Gasteiger partial charge is 0.310 e. The van der Waals surface area contributed by atoms with Gasteiger partial charge in [-0.15, -0.1) is 10.1 Å². The summed E-state index contributed by atoms with van der Waals surface area (Å²) < 4.78 is 5.67. The Bertz CT molecular complexity index is 555. The number of carbonyl (C=O) groups excluding carboxylic acids is 1. The molecule has 0 amide bonds. The molecule has 0 unspecified atom stereocenters. The summed E-state index contributed by atoms with van der Waals surface area (Å²) in [5.74, 6) is -0.356. The Balaban J connectivity index is 2.00. The molecule has 7 nitrogen and oxygen atoms in total. The Kier molecular flexibility index (Phi) is 5.92. The summed E-state index contributed by atoms with van der Waals surface area (Å²) in [4.78, 5) is 27.0. The summed E-state index contributed by atoms with van der Waals surface area (Å²) in [7, 11) is 0. The maximum absolute atomic E-state index is 12.3. The van der Waals surface area contributed by atoms with E-state index in [2.05, 4.69) is 4.84 Å². The normalized spacial score (nSPS) is 16.6. The van der Waals surface area contributed by atoms with E-state index < -0.39 is 10.7 Å². The zero-order valence-corrected chi connectivity index (χ0v) is 13.0. The van der Waals surface area contributed by atoms with Gasteiger partial charge in [0.05, 0.1) is 6.42 Å². The molecular weight excluding hydrogens is 300 g/mol. The number of benzene rings is 1. The number of ether oxygens (including phenoxy) is 1. The molecule has 0 saturated heterocycles. The monoisotopic (exact) mass is 322 g/mol. The highest BCUT2D eigenvalue weighted by Gasteiger charge is 2.34. The van der Waals surface area contributed by atoms with Gasteiger partial charge in [-0.2, -0.15) is 0 Å². The average molecular weight is 322 g/mol. The van der Waals surface area contributed by atoms with Crippen LogP contribution < -0.4 is 5.73 Å². The van der Waals surface area contributed by atoms with Crippen molar-refractivity contribution in [2.75, 3.05) is 6.54 Å². The van der Waals surface area contributed by atoms with Crippen LogP contribution in [0, 0.1) is 10.1 Å². The first-order valence-corrected chi connectivity index (χ1v) is 7.81. The van der Waals surface area contributed by atoms with Gasteiger partial charge in [-0.05, 0) is 36.8 Å². The molecular formula is C16H22N2O5. The van der Waals surface area contributed by atoms with Crippen molar-refractivity contribution in [2.24, 2.45) is 5.73 Å². The van der Waals surface area contributed by atoms with E-state index >= 15 is 0 Å². The van der Waals surface area contributed by atoms with Crippen molar-refractivity contribution in [1.82, 2.24) is 0 Å². The molecule has 0 aromatic heterocycles. The van der Waals surface area contributed by atoms with Gasteiger partial charge >= 0.3 is 5.97 Å². The van der Waals surface area contributed by atoms with Crippen molar-refractivity contribution in [3.63, 3.8) is 0 Å². The first-order valence-electron chi connectivity index (χ1n) is 7.81. The minimum absolute atomic E-state index is 0.0546. The van der Waals surface area contributed by atoms with Crippen LogP contribution in [0.3, 0.4) is 0 Å². The number of esters is 1. The molecule has 2 N–H and O–H groups in total. The van der Waals surface area contributed by atoms with Gasteiger partial charge in [-0.1, -0.05) is 30.7 Å². The standard InChI is InChI=1S/C16H22N2O5/c17-12-16(8-4-1-5-9-16)23-15(19)10-13-6-2-3-7-14(13)11-22-18(20)21/h2-3,6-7H,1,4-5,8-12,17H2. The summed E-state index contributed by atoms with van der Waals surface area (Å²) in [6.07, 6.45) is 4.80. The molecule has 1 aromatic rings. The number of hydrogen-bond donors (Lipinski definition) is 1. The second kappa shape index (κ2) is 7.92. The van der Waals surface area contributed by atoms with E-state index in [1.54, 1.807) is 24.3 Å². The van der Waals surface area contributed by atoms with Gasteiger partial charge < -0.3 is 15.3 Å². The van der Waals surface area contributed by atoms with Gasteiger partial charge in [0.1, 0.15) is 12.2 Å². The quantitative estimate of drug-likeness (QED) is 0.468. The molecule has 1 saturated carbocycles. The number of carbonyl (C=O) groups is 1. The van der Waals surface area contributed by atoms with Crippen LogP contribution in [0.4, 0.5) is 0 Å². The molecule has 0 radical (unpaired) electrons. The van der Waals surface area contributed by atoms with E-state index in [-0.39, 0.29) is 19.0 Å². The highest BCUT2D eigenvalue weighted by molar-refractivity contribution is 5.73. The van der Waals surface area contributed by atoms with Crippen LogP contribution >= 0.6 is 0 Å². The van der Waals surface area contributed by atoms with E-state index in [0.29, 0.717) is 17.7 Å². The van der Waals surface area contributed by atoms with E-state index in [0.717, 1.165) is 32.1 Å². The number of nitrogens with zero attached hydrogens (tertiary/aromatic N) is 1. The maximum atomic E-state index is 12.3. The number of rotatable bonds is 7. The minimum Gasteiger partial charge on any atom is -0.457 e. The lowest BCUT2D eigenvalue weighted by atomic mass is 9.84. The molecule has 1 aliphatic carbocycles. The topological polar surface area (TPSA) is 105 Å². The van der Waals surface area contributed by atoms with E-state index in [9.17, 15) is 14.9 Å². The molecule has 7 heteroatoms. The Morgan fingerprint density at radius 3 is 2.48 bits per heavy atom. The summed E-state index contributed by atoms with van der Waals surface area (Å²) in [5, 5.41) is 9.48. The van der Waals surface area contributed by atoms with Crippen LogP contribution in [0.25, 0.3) is 0 Å². The highest BCUT2D eigenvalue weighted by atomic mass is 16.9. The van der Waals surface area contributed by atoms with Gasteiger partial charge in [0.25, 0.3) is 5.09 Å². The molecule has 0 aliphatic heterocycles. The predicted molar refractivity (Wildman–Crippen MR) is 82.9 cm³/mol. The fraction of sp³-hybridized carbons (Fsp3) is 0.562. The fourth-order valence-electron chi connectivity index (χ4n) is 2.97. The summed E-state index contributed by atoms with van der Waals surface area (Å²) in [5.41, 5.74) is 6.54. The molecule has 0 bridgehead atoms. The summed E-state index contributed by atoms with van der Waals surface area (Å²) in [6, 6.07) is 6.97. The predicted octanol–water partition coefficient (Wildman–Crippen LogP) is 2.14. The van der Waals surface area contributed by atoms with Gasteiger partial charge in [-0.25, -0.2) is 0 Å². The zero-order chi connectivity index (χ0) is 16.7. The molecule has 0 spiro atoms. The fourth-order valence-corrected chi connectivity index (χ4v) is 2.97. The third kappa shape index (κ3) is 4.92. The Hall–Kier alpha value is -2.15. The second-order valence-corrected chi connectivity index (χ2v) is 5.86. The molecule has 1 aliphatic rings. The molecule has 0 atom stereocenters. The zero-order valence-electron chi connectivity index (χ0n) is 13.0. The van der Waals surface area contributed by atoms with Crippen LogP contribution in [0.1, 0.15) is 43.2 Å². The first kappa shape index (κ1) is 17.2. The van der Waals surface area contributed by atoms with E-state index in [4.69, 9.17) is 10.5 Å². The van der Waals surface area contributed by atoms with Crippen molar-refractivity contribution in [2.45, 2.75) is 50.7 Å². The average Bonchev–Trinajstić information content (AvgIpc) is 2.54. The molecule has 2 rings (SSSR count). The molecule has 0 heterocycles. The van der Waals surface area contributed by atoms with Crippen LogP contribution in [-0.2, 0) is 27.4 Å². The Labute approximate surface area is 134 Å². The van der Waals surface area contributed by atoms with Gasteiger partial charge in [0, 0.05) is 6.54 Å². The summed E-state index contributed by atoms with van der Waals surface area (Å²) >= 11 is 0. The number of hydrogen-bond acceptors (Lipinski definition) is 6. The third-order valence-electron chi connectivity index (χ3n) is 4.25. The molecule has 23 heavy (non-hydrogen) atoms. The van der Waals surface area contributed by atoms with Crippen molar-refractivity contribution in [3.05, 3.63) is 45.5 Å².